The van der Waals surface area contributed by atoms with Gasteiger partial charge in [-0.3, -0.25) is 9.59 Å². The fourth-order valence-corrected chi connectivity index (χ4v) is 2.73. The Kier molecular flexibility index (Phi) is 4.22. The molecule has 0 N–H and O–H groups in total. The number of carbonyl (C=O) groups is 2. The summed E-state index contributed by atoms with van der Waals surface area (Å²) in [5.74, 6) is -6.21. The molecule has 0 bridgehead atoms. The molecule has 0 aliphatic heterocycles. The predicted octanol–water partition coefficient (Wildman–Crippen LogP) is 2.41. The second kappa shape index (κ2) is 5.79. The molecule has 1 aliphatic rings. The first-order valence-corrected chi connectivity index (χ1v) is 6.51. The normalized spacial score (nSPS) is 24.7. The summed E-state index contributed by atoms with van der Waals surface area (Å²) in [7, 11) is 1.09. The van der Waals surface area contributed by atoms with Crippen LogP contribution in [0.15, 0.2) is 12.1 Å². The summed E-state index contributed by atoms with van der Waals surface area (Å²) in [6.45, 7) is 0. The van der Waals surface area contributed by atoms with E-state index in [1.165, 1.54) is 0 Å². The van der Waals surface area contributed by atoms with E-state index in [1.54, 1.807) is 0 Å². The Balaban J connectivity index is 2.50. The van der Waals surface area contributed by atoms with E-state index in [0.717, 1.165) is 7.11 Å². The molecule has 116 valence electrons. The van der Waals surface area contributed by atoms with Crippen molar-refractivity contribution in [2.24, 2.45) is 5.92 Å². The molecule has 1 aromatic carbocycles. The van der Waals surface area contributed by atoms with Crippen molar-refractivity contribution in [3.63, 3.8) is 0 Å². The van der Waals surface area contributed by atoms with Crippen LogP contribution in [0.2, 0.25) is 0 Å². The van der Waals surface area contributed by atoms with Gasteiger partial charge in [0.2, 0.25) is 0 Å². The Morgan fingerprint density at radius 3 is 2.55 bits per heavy atom. The largest absolute Gasteiger partial charge is 0.468 e. The van der Waals surface area contributed by atoms with Gasteiger partial charge in [0, 0.05) is 18.1 Å². The second-order valence-electron chi connectivity index (χ2n) is 5.19. The van der Waals surface area contributed by atoms with Crippen LogP contribution >= 0.6 is 0 Å². The number of Topliss-reactive ketones (excluding diaryl/α,β-unsaturated/α-hetero) is 1. The molecule has 1 saturated carbocycles. The number of nitriles is 1. The van der Waals surface area contributed by atoms with E-state index in [0.29, 0.717) is 12.1 Å². The summed E-state index contributed by atoms with van der Waals surface area (Å²) in [6, 6.07) is 2.83. The van der Waals surface area contributed by atoms with Crippen molar-refractivity contribution < 1.29 is 27.5 Å². The van der Waals surface area contributed by atoms with E-state index in [4.69, 9.17) is 0 Å². The number of benzene rings is 1. The van der Waals surface area contributed by atoms with Crippen molar-refractivity contribution in [1.82, 2.24) is 0 Å². The number of nitrogens with zero attached hydrogens (tertiary/aromatic N) is 1. The maximum Gasteiger partial charge on any atom is 0.316 e. The minimum absolute atomic E-state index is 0.0716. The number of hydrogen-bond acceptors (Lipinski definition) is 4. The summed E-state index contributed by atoms with van der Waals surface area (Å²) in [5, 5.41) is 9.44. The second-order valence-corrected chi connectivity index (χ2v) is 5.19. The van der Waals surface area contributed by atoms with Gasteiger partial charge in [0.15, 0.2) is 11.6 Å². The van der Waals surface area contributed by atoms with Gasteiger partial charge in [0.1, 0.15) is 17.5 Å². The average molecular weight is 311 g/mol. The summed E-state index contributed by atoms with van der Waals surface area (Å²) in [5.41, 5.74) is -1.93. The number of ketones is 1. The van der Waals surface area contributed by atoms with Crippen molar-refractivity contribution in [2.45, 2.75) is 24.7 Å². The fraction of sp³-hybridized carbons (Fsp3) is 0.400. The highest BCUT2D eigenvalue weighted by atomic mass is 19.2. The van der Waals surface area contributed by atoms with Crippen LogP contribution in [0.1, 0.15) is 24.8 Å². The molecule has 22 heavy (non-hydrogen) atoms. The van der Waals surface area contributed by atoms with Crippen LogP contribution in [-0.2, 0) is 19.7 Å². The molecule has 0 radical (unpaired) electrons. The number of halogens is 3. The van der Waals surface area contributed by atoms with Crippen molar-refractivity contribution in [2.75, 3.05) is 7.11 Å². The first kappa shape index (κ1) is 16.0. The van der Waals surface area contributed by atoms with Crippen molar-refractivity contribution in [3.8, 4) is 6.07 Å². The van der Waals surface area contributed by atoms with Gasteiger partial charge in [-0.2, -0.15) is 5.26 Å². The molecule has 2 unspecified atom stereocenters. The lowest BCUT2D eigenvalue weighted by molar-refractivity contribution is -0.151. The Morgan fingerprint density at radius 2 is 1.95 bits per heavy atom. The zero-order chi connectivity index (χ0) is 16.5. The predicted molar refractivity (Wildman–Crippen MR) is 68.0 cm³/mol. The molecule has 2 atom stereocenters. The van der Waals surface area contributed by atoms with Gasteiger partial charge in [-0.05, 0) is 18.9 Å². The van der Waals surface area contributed by atoms with Crippen LogP contribution in [0.5, 0.6) is 0 Å². The van der Waals surface area contributed by atoms with E-state index >= 15 is 0 Å². The minimum atomic E-state index is -1.58. The monoisotopic (exact) mass is 311 g/mol. The highest BCUT2D eigenvalue weighted by molar-refractivity contribution is 6.00. The van der Waals surface area contributed by atoms with Crippen LogP contribution in [0.25, 0.3) is 0 Å². The molecule has 1 fully saturated rings. The number of carbonyl (C=O) groups excluding carboxylic acids is 2. The third-order valence-corrected chi connectivity index (χ3v) is 3.96. The summed E-state index contributed by atoms with van der Waals surface area (Å²) >= 11 is 0. The van der Waals surface area contributed by atoms with Crippen molar-refractivity contribution >= 4 is 11.8 Å². The topological polar surface area (TPSA) is 67.2 Å². The first-order valence-electron chi connectivity index (χ1n) is 6.51. The Labute approximate surface area is 124 Å². The van der Waals surface area contributed by atoms with Crippen LogP contribution in [0.3, 0.4) is 0 Å². The quantitative estimate of drug-likeness (QED) is 0.478. The number of methoxy groups -OCH3 is 1. The Hall–Kier alpha value is -2.36. The van der Waals surface area contributed by atoms with Crippen molar-refractivity contribution in [1.29, 1.82) is 5.26 Å². The fourth-order valence-electron chi connectivity index (χ4n) is 2.73. The number of rotatable bonds is 2. The molecule has 0 heterocycles. The number of ether oxygens (including phenoxy) is 1. The molecule has 0 aromatic heterocycles. The molecule has 1 aromatic rings. The number of hydrogen-bond donors (Lipinski definition) is 0. The van der Waals surface area contributed by atoms with E-state index in [2.05, 4.69) is 4.74 Å². The Bertz CT molecular complexity index is 675. The van der Waals surface area contributed by atoms with Crippen LogP contribution in [0.4, 0.5) is 13.2 Å². The van der Waals surface area contributed by atoms with Gasteiger partial charge in [-0.1, -0.05) is 0 Å². The molecular formula is C15H12F3NO3. The third-order valence-electron chi connectivity index (χ3n) is 3.96. The van der Waals surface area contributed by atoms with Crippen molar-refractivity contribution in [3.05, 3.63) is 35.1 Å². The van der Waals surface area contributed by atoms with Crippen LogP contribution in [-0.4, -0.2) is 18.9 Å². The molecule has 4 nitrogen and oxygen atoms in total. The first-order chi connectivity index (χ1) is 10.3. The molecule has 0 spiro atoms. The zero-order valence-electron chi connectivity index (χ0n) is 11.7. The smallest absolute Gasteiger partial charge is 0.316 e. The van der Waals surface area contributed by atoms with Crippen LogP contribution < -0.4 is 0 Å². The van der Waals surface area contributed by atoms with E-state index in [-0.39, 0.29) is 24.8 Å². The summed E-state index contributed by atoms with van der Waals surface area (Å²) < 4.78 is 45.0. The lowest BCUT2D eigenvalue weighted by Gasteiger charge is -2.34. The van der Waals surface area contributed by atoms with Gasteiger partial charge in [0.25, 0.3) is 0 Å². The Morgan fingerprint density at radius 1 is 1.32 bits per heavy atom. The molecule has 2 rings (SSSR count). The molecular weight excluding hydrogens is 299 g/mol. The lowest BCUT2D eigenvalue weighted by atomic mass is 9.66. The maximum absolute atomic E-state index is 14.0. The molecule has 7 heteroatoms. The maximum atomic E-state index is 14.0. The lowest BCUT2D eigenvalue weighted by Crippen LogP contribution is -2.41. The van der Waals surface area contributed by atoms with E-state index in [1.807, 2.05) is 6.07 Å². The minimum Gasteiger partial charge on any atom is -0.468 e. The van der Waals surface area contributed by atoms with Crippen LogP contribution in [0, 0.1) is 34.7 Å². The van der Waals surface area contributed by atoms with Gasteiger partial charge < -0.3 is 4.74 Å². The van der Waals surface area contributed by atoms with E-state index in [9.17, 15) is 28.0 Å². The molecule has 1 aliphatic carbocycles. The SMILES string of the molecule is COC(=O)C1CC(C#N)(c2cc(F)c(F)cc2F)CCC1=O. The number of esters is 1. The molecule has 0 amide bonds. The third kappa shape index (κ3) is 2.56. The summed E-state index contributed by atoms with van der Waals surface area (Å²) in [4.78, 5) is 23.4. The van der Waals surface area contributed by atoms with Gasteiger partial charge in [-0.15, -0.1) is 0 Å². The van der Waals surface area contributed by atoms with Gasteiger partial charge >= 0.3 is 5.97 Å². The van der Waals surface area contributed by atoms with E-state index < -0.39 is 40.5 Å². The standard InChI is InChI=1S/C15H12F3NO3/c1-22-14(21)8-6-15(7-19,3-2-13(8)20)9-4-11(17)12(18)5-10(9)16/h4-5,8H,2-3,6H2,1H3. The zero-order valence-corrected chi connectivity index (χ0v) is 11.7. The van der Waals surface area contributed by atoms with Gasteiger partial charge in [0.05, 0.1) is 18.6 Å². The highest BCUT2D eigenvalue weighted by Gasteiger charge is 2.46. The average Bonchev–Trinajstić information content (AvgIpc) is 2.51. The molecule has 0 saturated heterocycles. The van der Waals surface area contributed by atoms with Gasteiger partial charge in [-0.25, -0.2) is 13.2 Å². The summed E-state index contributed by atoms with van der Waals surface area (Å²) in [6.07, 6.45) is -0.541. The highest BCUT2D eigenvalue weighted by Crippen LogP contribution is 2.42.